The van der Waals surface area contributed by atoms with Crippen LogP contribution in [0.4, 0.5) is 0 Å². The van der Waals surface area contributed by atoms with Gasteiger partial charge in [-0.25, -0.2) is 0 Å². The third kappa shape index (κ3) is 3.10. The van der Waals surface area contributed by atoms with Gasteiger partial charge in [0.25, 0.3) is 0 Å². The maximum Gasteiger partial charge on any atom is 0.0738 e. The van der Waals surface area contributed by atoms with E-state index in [0.717, 1.165) is 28.2 Å². The minimum atomic E-state index is -0.232. The summed E-state index contributed by atoms with van der Waals surface area (Å²) in [6, 6.07) is 0. The fraction of sp³-hybridized carbons (Fsp3) is 0.769. The Morgan fingerprint density at radius 3 is 2.65 bits per heavy atom. The molecular weight excluding hydrogens is 280 g/mol. The fourth-order valence-corrected chi connectivity index (χ4v) is 3.34. The first-order chi connectivity index (χ1) is 8.08. The predicted molar refractivity (Wildman–Crippen MR) is 71.9 cm³/mol. The van der Waals surface area contributed by atoms with Gasteiger partial charge < -0.3 is 5.11 Å². The standard InChI is InChI=1S/C13H21BrN2O/c1-9-13(14)12(16(2)15-9)8-11(17)7-10-5-3-4-6-10/h10-11,17H,3-8H2,1-2H3. The molecule has 96 valence electrons. The maximum absolute atomic E-state index is 10.2. The molecule has 1 aliphatic rings. The molecule has 0 saturated heterocycles. The SMILES string of the molecule is Cc1nn(C)c(CC(O)CC2CCCC2)c1Br. The minimum absolute atomic E-state index is 0.232. The lowest BCUT2D eigenvalue weighted by molar-refractivity contribution is 0.141. The summed E-state index contributed by atoms with van der Waals surface area (Å²) in [7, 11) is 1.94. The molecule has 17 heavy (non-hydrogen) atoms. The van der Waals surface area contributed by atoms with Gasteiger partial charge in [-0.15, -0.1) is 0 Å². The Morgan fingerprint density at radius 1 is 1.47 bits per heavy atom. The minimum Gasteiger partial charge on any atom is -0.393 e. The number of halogens is 1. The predicted octanol–water partition coefficient (Wildman–Crippen LogP) is 2.97. The van der Waals surface area contributed by atoms with E-state index in [1.165, 1.54) is 25.7 Å². The lowest BCUT2D eigenvalue weighted by Crippen LogP contribution is -2.17. The molecule has 1 heterocycles. The fourth-order valence-electron chi connectivity index (χ4n) is 2.84. The smallest absolute Gasteiger partial charge is 0.0738 e. The van der Waals surface area contributed by atoms with Gasteiger partial charge >= 0.3 is 0 Å². The van der Waals surface area contributed by atoms with Gasteiger partial charge in [0.05, 0.1) is 22.0 Å². The summed E-state index contributed by atoms with van der Waals surface area (Å²) in [5.41, 5.74) is 2.10. The van der Waals surface area contributed by atoms with E-state index >= 15 is 0 Å². The van der Waals surface area contributed by atoms with Crippen molar-refractivity contribution in [3.8, 4) is 0 Å². The van der Waals surface area contributed by atoms with Crippen LogP contribution in [0.25, 0.3) is 0 Å². The van der Waals surface area contributed by atoms with E-state index in [-0.39, 0.29) is 6.10 Å². The second-order valence-electron chi connectivity index (χ2n) is 5.21. The van der Waals surface area contributed by atoms with Crippen LogP contribution in [0.2, 0.25) is 0 Å². The molecule has 0 aromatic carbocycles. The number of aliphatic hydroxyl groups is 1. The molecule has 1 aliphatic carbocycles. The second kappa shape index (κ2) is 5.53. The first-order valence-corrected chi connectivity index (χ1v) is 7.23. The molecule has 3 nitrogen and oxygen atoms in total. The van der Waals surface area contributed by atoms with Gasteiger partial charge in [0, 0.05) is 13.5 Å². The summed E-state index contributed by atoms with van der Waals surface area (Å²) in [6.07, 6.45) is 6.68. The lowest BCUT2D eigenvalue weighted by Gasteiger charge is -2.15. The molecule has 0 bridgehead atoms. The van der Waals surface area contributed by atoms with Crippen LogP contribution in [0.15, 0.2) is 4.47 Å². The average molecular weight is 301 g/mol. The van der Waals surface area contributed by atoms with Crippen molar-refractivity contribution in [2.24, 2.45) is 13.0 Å². The Balaban J connectivity index is 1.95. The van der Waals surface area contributed by atoms with Crippen molar-refractivity contribution in [2.45, 2.75) is 51.6 Å². The van der Waals surface area contributed by atoms with Gasteiger partial charge in [-0.2, -0.15) is 5.10 Å². The van der Waals surface area contributed by atoms with E-state index in [1.807, 2.05) is 18.7 Å². The van der Waals surface area contributed by atoms with Gasteiger partial charge in [0.15, 0.2) is 0 Å². The van der Waals surface area contributed by atoms with E-state index in [0.29, 0.717) is 6.42 Å². The largest absolute Gasteiger partial charge is 0.393 e. The number of aromatic nitrogens is 2. The number of aliphatic hydroxyl groups excluding tert-OH is 1. The first-order valence-electron chi connectivity index (χ1n) is 6.44. The van der Waals surface area contributed by atoms with Crippen molar-refractivity contribution < 1.29 is 5.11 Å². The average Bonchev–Trinajstić information content (AvgIpc) is 2.83. The molecule has 0 amide bonds. The van der Waals surface area contributed by atoms with Gasteiger partial charge in [0.2, 0.25) is 0 Å². The van der Waals surface area contributed by atoms with Gasteiger partial charge in [-0.05, 0) is 35.2 Å². The quantitative estimate of drug-likeness (QED) is 0.928. The van der Waals surface area contributed by atoms with Crippen LogP contribution in [0.3, 0.4) is 0 Å². The summed E-state index contributed by atoms with van der Waals surface area (Å²) in [4.78, 5) is 0. The molecule has 1 aromatic heterocycles. The molecule has 1 fully saturated rings. The van der Waals surface area contributed by atoms with E-state index < -0.39 is 0 Å². The Hall–Kier alpha value is -0.350. The highest BCUT2D eigenvalue weighted by molar-refractivity contribution is 9.10. The normalized spacial score (nSPS) is 18.8. The number of aryl methyl sites for hydroxylation is 2. The summed E-state index contributed by atoms with van der Waals surface area (Å²) >= 11 is 3.55. The second-order valence-corrected chi connectivity index (χ2v) is 6.01. The molecule has 1 N–H and O–H groups in total. The van der Waals surface area contributed by atoms with Crippen LogP contribution in [-0.4, -0.2) is 21.0 Å². The molecule has 1 aromatic rings. The van der Waals surface area contributed by atoms with Crippen molar-refractivity contribution in [2.75, 3.05) is 0 Å². The van der Waals surface area contributed by atoms with Crippen molar-refractivity contribution in [3.05, 3.63) is 15.9 Å². The summed E-state index contributed by atoms with van der Waals surface area (Å²) in [5.74, 6) is 0.734. The van der Waals surface area contributed by atoms with Gasteiger partial charge in [0.1, 0.15) is 0 Å². The van der Waals surface area contributed by atoms with Crippen molar-refractivity contribution in [1.82, 2.24) is 9.78 Å². The zero-order valence-corrected chi connectivity index (χ0v) is 12.2. The third-order valence-electron chi connectivity index (χ3n) is 3.77. The lowest BCUT2D eigenvalue weighted by atomic mass is 9.97. The monoisotopic (exact) mass is 300 g/mol. The van der Waals surface area contributed by atoms with Crippen molar-refractivity contribution in [1.29, 1.82) is 0 Å². The molecule has 4 heteroatoms. The van der Waals surface area contributed by atoms with Crippen LogP contribution in [0, 0.1) is 12.8 Å². The molecule has 1 saturated carbocycles. The van der Waals surface area contributed by atoms with Crippen molar-refractivity contribution in [3.63, 3.8) is 0 Å². The van der Waals surface area contributed by atoms with E-state index in [9.17, 15) is 5.11 Å². The van der Waals surface area contributed by atoms with Crippen molar-refractivity contribution >= 4 is 15.9 Å². The molecule has 2 rings (SSSR count). The zero-order chi connectivity index (χ0) is 12.4. The molecule has 0 radical (unpaired) electrons. The Labute approximate surface area is 111 Å². The van der Waals surface area contributed by atoms with E-state index in [1.54, 1.807) is 0 Å². The number of nitrogens with zero attached hydrogens (tertiary/aromatic N) is 2. The Morgan fingerprint density at radius 2 is 2.12 bits per heavy atom. The zero-order valence-electron chi connectivity index (χ0n) is 10.6. The first kappa shape index (κ1) is 13.1. The summed E-state index contributed by atoms with van der Waals surface area (Å²) in [5, 5.41) is 14.5. The third-order valence-corrected chi connectivity index (χ3v) is 4.80. The number of rotatable bonds is 4. The highest BCUT2D eigenvalue weighted by Gasteiger charge is 2.21. The molecular formula is C13H21BrN2O. The Kier molecular flexibility index (Phi) is 4.26. The van der Waals surface area contributed by atoms with Gasteiger partial charge in [-0.1, -0.05) is 25.7 Å². The van der Waals surface area contributed by atoms with Crippen LogP contribution in [-0.2, 0) is 13.5 Å². The molecule has 0 aliphatic heterocycles. The Bertz CT molecular complexity index is 383. The number of hydrogen-bond acceptors (Lipinski definition) is 2. The molecule has 1 atom stereocenters. The van der Waals surface area contributed by atoms with Crippen LogP contribution >= 0.6 is 15.9 Å². The van der Waals surface area contributed by atoms with Crippen LogP contribution < -0.4 is 0 Å². The van der Waals surface area contributed by atoms with Crippen LogP contribution in [0.1, 0.15) is 43.5 Å². The number of hydrogen-bond donors (Lipinski definition) is 1. The molecule has 1 unspecified atom stereocenters. The summed E-state index contributed by atoms with van der Waals surface area (Å²) < 4.78 is 2.92. The topological polar surface area (TPSA) is 38.0 Å². The van der Waals surface area contributed by atoms with Crippen LogP contribution in [0.5, 0.6) is 0 Å². The van der Waals surface area contributed by atoms with Gasteiger partial charge in [-0.3, -0.25) is 4.68 Å². The van der Waals surface area contributed by atoms with E-state index in [2.05, 4.69) is 21.0 Å². The highest BCUT2D eigenvalue weighted by atomic mass is 79.9. The summed E-state index contributed by atoms with van der Waals surface area (Å²) in [6.45, 7) is 1.98. The maximum atomic E-state index is 10.2. The highest BCUT2D eigenvalue weighted by Crippen LogP contribution is 2.30. The van der Waals surface area contributed by atoms with E-state index in [4.69, 9.17) is 0 Å². The molecule has 0 spiro atoms.